The van der Waals surface area contributed by atoms with Crippen LogP contribution in [-0.4, -0.2) is 31.6 Å². The highest BCUT2D eigenvalue weighted by Crippen LogP contribution is 2.24. The number of hydrogen-bond donors (Lipinski definition) is 1. The number of sulfonamides is 1. The number of methoxy groups -OCH3 is 1. The minimum atomic E-state index is -3.48. The Labute approximate surface area is 181 Å². The topological polar surface area (TPSA) is 77.4 Å². The van der Waals surface area contributed by atoms with Crippen molar-refractivity contribution in [1.29, 1.82) is 0 Å². The van der Waals surface area contributed by atoms with Crippen molar-refractivity contribution in [2.24, 2.45) is 7.05 Å². The van der Waals surface area contributed by atoms with Gasteiger partial charge in [-0.15, -0.1) is 0 Å². The second-order valence-corrected chi connectivity index (χ2v) is 9.28. The minimum absolute atomic E-state index is 0.0933. The number of aryl methyl sites for hydroxylation is 1. The van der Waals surface area contributed by atoms with Gasteiger partial charge in [0.15, 0.2) is 0 Å². The van der Waals surface area contributed by atoms with Gasteiger partial charge >= 0.3 is 0 Å². The maximum Gasteiger partial charge on any atom is 0.232 e. The molecule has 0 aliphatic carbocycles. The van der Waals surface area contributed by atoms with Crippen LogP contribution >= 0.6 is 0 Å². The van der Waals surface area contributed by atoms with Gasteiger partial charge < -0.3 is 9.30 Å². The first-order valence-electron chi connectivity index (χ1n) is 9.78. The Bertz CT molecular complexity index is 1220. The summed E-state index contributed by atoms with van der Waals surface area (Å²) in [5, 5.41) is 0. The lowest BCUT2D eigenvalue weighted by Crippen LogP contribution is -2.15. The zero-order valence-corrected chi connectivity index (χ0v) is 18.7. The Morgan fingerprint density at radius 3 is 2.39 bits per heavy atom. The van der Waals surface area contributed by atoms with Crippen molar-refractivity contribution in [1.82, 2.24) is 4.57 Å². The van der Waals surface area contributed by atoms with Gasteiger partial charge in [-0.25, -0.2) is 12.8 Å². The molecule has 3 rings (SSSR count). The second kappa shape index (κ2) is 8.93. The molecular weight excluding hydrogens is 419 g/mol. The molecule has 0 radical (unpaired) electrons. The summed E-state index contributed by atoms with van der Waals surface area (Å²) in [6.07, 6.45) is 0.264. The summed E-state index contributed by atoms with van der Waals surface area (Å²) in [5.74, 6) is -0.0674. The number of nitrogens with zero attached hydrogens (tertiary/aromatic N) is 1. The van der Waals surface area contributed by atoms with Gasteiger partial charge in [0.25, 0.3) is 0 Å². The first-order chi connectivity index (χ1) is 14.6. The Kier molecular flexibility index (Phi) is 6.50. The minimum Gasteiger partial charge on any atom is -0.497 e. The van der Waals surface area contributed by atoms with E-state index in [0.717, 1.165) is 11.3 Å². The van der Waals surface area contributed by atoms with E-state index in [0.29, 0.717) is 22.6 Å². The Morgan fingerprint density at radius 2 is 1.81 bits per heavy atom. The summed E-state index contributed by atoms with van der Waals surface area (Å²) in [5.41, 5.74) is 3.23. The van der Waals surface area contributed by atoms with Crippen LogP contribution in [0, 0.1) is 12.7 Å². The summed E-state index contributed by atoms with van der Waals surface area (Å²) in [6, 6.07) is 13.0. The summed E-state index contributed by atoms with van der Waals surface area (Å²) in [7, 11) is -0.134. The molecule has 0 saturated carbocycles. The standard InChI is InChI=1S/C23H25FN2O4S/c1-5-31(28,29)25-18-9-6-17(21(24)14-18)13-19-12-15(2)22(26(19)3)23(27)16-7-10-20(30-4)11-8-16/h6-12,14,25H,5,13H2,1-4H3. The molecule has 0 aliphatic heterocycles. The van der Waals surface area contributed by atoms with Crippen molar-refractivity contribution >= 4 is 21.5 Å². The SMILES string of the molecule is CCS(=O)(=O)Nc1ccc(Cc2cc(C)c(C(=O)c3ccc(OC)cc3)n2C)c(F)c1. The second-order valence-electron chi connectivity index (χ2n) is 7.27. The van der Waals surface area contributed by atoms with Gasteiger partial charge in [0.05, 0.1) is 24.2 Å². The van der Waals surface area contributed by atoms with E-state index in [1.54, 1.807) is 49.1 Å². The average Bonchev–Trinajstić information content (AvgIpc) is 3.02. The molecular formula is C23H25FN2O4S. The molecule has 2 aromatic carbocycles. The molecule has 1 heterocycles. The fourth-order valence-electron chi connectivity index (χ4n) is 3.40. The van der Waals surface area contributed by atoms with Crippen molar-refractivity contribution in [3.05, 3.63) is 82.4 Å². The lowest BCUT2D eigenvalue weighted by Gasteiger charge is -2.11. The zero-order chi connectivity index (χ0) is 22.8. The van der Waals surface area contributed by atoms with Gasteiger partial charge in [0.2, 0.25) is 15.8 Å². The first-order valence-corrected chi connectivity index (χ1v) is 11.4. The lowest BCUT2D eigenvalue weighted by molar-refractivity contribution is 0.103. The Morgan fingerprint density at radius 1 is 1.13 bits per heavy atom. The third-order valence-corrected chi connectivity index (χ3v) is 6.47. The van der Waals surface area contributed by atoms with Gasteiger partial charge in [-0.2, -0.15) is 0 Å². The smallest absolute Gasteiger partial charge is 0.232 e. The number of aromatic nitrogens is 1. The van der Waals surface area contributed by atoms with E-state index in [-0.39, 0.29) is 23.6 Å². The predicted molar refractivity (Wildman–Crippen MR) is 119 cm³/mol. The number of carbonyl (C=O) groups excluding carboxylic acids is 1. The number of nitrogens with one attached hydrogen (secondary N) is 1. The van der Waals surface area contributed by atoms with Gasteiger partial charge in [-0.3, -0.25) is 9.52 Å². The normalized spacial score (nSPS) is 11.4. The van der Waals surface area contributed by atoms with Crippen molar-refractivity contribution in [3.63, 3.8) is 0 Å². The van der Waals surface area contributed by atoms with Crippen LogP contribution in [0.15, 0.2) is 48.5 Å². The average molecular weight is 445 g/mol. The van der Waals surface area contributed by atoms with E-state index < -0.39 is 15.8 Å². The van der Waals surface area contributed by atoms with E-state index in [1.807, 2.05) is 13.0 Å². The van der Waals surface area contributed by atoms with Crippen molar-refractivity contribution in [2.75, 3.05) is 17.6 Å². The third kappa shape index (κ3) is 4.96. The molecule has 31 heavy (non-hydrogen) atoms. The highest BCUT2D eigenvalue weighted by Gasteiger charge is 2.19. The fraction of sp³-hybridized carbons (Fsp3) is 0.261. The van der Waals surface area contributed by atoms with Gasteiger partial charge in [0.1, 0.15) is 11.6 Å². The predicted octanol–water partition coefficient (Wildman–Crippen LogP) is 4.06. The van der Waals surface area contributed by atoms with Crippen LogP contribution in [0.4, 0.5) is 10.1 Å². The number of carbonyl (C=O) groups is 1. The Balaban J connectivity index is 1.86. The number of halogens is 1. The van der Waals surface area contributed by atoms with Gasteiger partial charge in [-0.05, 0) is 67.4 Å². The molecule has 164 valence electrons. The molecule has 0 unspecified atom stereocenters. The summed E-state index contributed by atoms with van der Waals surface area (Å²) >= 11 is 0. The van der Waals surface area contributed by atoms with Crippen molar-refractivity contribution in [3.8, 4) is 5.75 Å². The summed E-state index contributed by atoms with van der Waals surface area (Å²) in [4.78, 5) is 13.0. The van der Waals surface area contributed by atoms with E-state index in [4.69, 9.17) is 4.74 Å². The molecule has 0 fully saturated rings. The highest BCUT2D eigenvalue weighted by atomic mass is 32.2. The monoisotopic (exact) mass is 444 g/mol. The van der Waals surface area contributed by atoms with E-state index >= 15 is 0 Å². The van der Waals surface area contributed by atoms with Crippen molar-refractivity contribution in [2.45, 2.75) is 20.3 Å². The molecule has 0 atom stereocenters. The van der Waals surface area contributed by atoms with Gasteiger partial charge in [-0.1, -0.05) is 6.07 Å². The number of benzene rings is 2. The number of ether oxygens (including phenoxy) is 1. The molecule has 1 aromatic heterocycles. The largest absolute Gasteiger partial charge is 0.497 e. The van der Waals surface area contributed by atoms with Crippen LogP contribution in [0.5, 0.6) is 5.75 Å². The fourth-order valence-corrected chi connectivity index (χ4v) is 4.03. The number of rotatable bonds is 8. The number of hydrogen-bond acceptors (Lipinski definition) is 4. The molecule has 0 aliphatic rings. The van der Waals surface area contributed by atoms with Crippen LogP contribution in [0.25, 0.3) is 0 Å². The van der Waals surface area contributed by atoms with Crippen LogP contribution in [0.1, 0.15) is 39.8 Å². The zero-order valence-electron chi connectivity index (χ0n) is 17.9. The highest BCUT2D eigenvalue weighted by molar-refractivity contribution is 7.92. The molecule has 0 spiro atoms. The molecule has 0 bridgehead atoms. The maximum absolute atomic E-state index is 14.6. The maximum atomic E-state index is 14.6. The molecule has 6 nitrogen and oxygen atoms in total. The van der Waals surface area contributed by atoms with Crippen LogP contribution < -0.4 is 9.46 Å². The summed E-state index contributed by atoms with van der Waals surface area (Å²) in [6.45, 7) is 3.36. The Hall–Kier alpha value is -3.13. The van der Waals surface area contributed by atoms with Crippen LogP contribution in [0.3, 0.4) is 0 Å². The number of anilines is 1. The lowest BCUT2D eigenvalue weighted by atomic mass is 10.1. The van der Waals surface area contributed by atoms with Crippen LogP contribution in [0.2, 0.25) is 0 Å². The van der Waals surface area contributed by atoms with Gasteiger partial charge in [0, 0.05) is 24.7 Å². The third-order valence-electron chi connectivity index (χ3n) is 5.17. The van der Waals surface area contributed by atoms with Crippen molar-refractivity contribution < 1.29 is 22.3 Å². The molecule has 3 aromatic rings. The van der Waals surface area contributed by atoms with E-state index in [2.05, 4.69) is 4.72 Å². The summed E-state index contributed by atoms with van der Waals surface area (Å²) < 4.78 is 47.2. The molecule has 1 N–H and O–H groups in total. The van der Waals surface area contributed by atoms with Crippen LogP contribution in [-0.2, 0) is 23.5 Å². The van der Waals surface area contributed by atoms with E-state index in [9.17, 15) is 17.6 Å². The molecule has 8 heteroatoms. The van der Waals surface area contributed by atoms with E-state index in [1.165, 1.54) is 19.1 Å². The molecule has 0 amide bonds. The number of ketones is 1. The molecule has 0 saturated heterocycles. The quantitative estimate of drug-likeness (QED) is 0.532. The first kappa shape index (κ1) is 22.6.